The van der Waals surface area contributed by atoms with Crippen molar-refractivity contribution >= 4 is 0 Å². The van der Waals surface area contributed by atoms with Crippen LogP contribution in [0, 0.1) is 11.3 Å². The van der Waals surface area contributed by atoms with Gasteiger partial charge in [-0.3, -0.25) is 4.90 Å². The molecule has 0 spiro atoms. The van der Waals surface area contributed by atoms with E-state index in [0.717, 1.165) is 18.5 Å². The van der Waals surface area contributed by atoms with E-state index in [0.29, 0.717) is 11.5 Å². The number of hydrogen-bond donors (Lipinski definition) is 1. The van der Waals surface area contributed by atoms with Crippen molar-refractivity contribution in [1.29, 1.82) is 0 Å². The summed E-state index contributed by atoms with van der Waals surface area (Å²) in [7, 11) is 0. The zero-order valence-electron chi connectivity index (χ0n) is 12.7. The van der Waals surface area contributed by atoms with E-state index < -0.39 is 0 Å². The van der Waals surface area contributed by atoms with Crippen molar-refractivity contribution < 1.29 is 0 Å². The summed E-state index contributed by atoms with van der Waals surface area (Å²) >= 11 is 0. The molecule has 102 valence electrons. The van der Waals surface area contributed by atoms with Crippen LogP contribution in [0.2, 0.25) is 0 Å². The van der Waals surface area contributed by atoms with Crippen LogP contribution in [0.1, 0.15) is 54.4 Å². The summed E-state index contributed by atoms with van der Waals surface area (Å²) in [5, 5.41) is 3.58. The lowest BCUT2D eigenvalue weighted by molar-refractivity contribution is 0.135. The summed E-state index contributed by atoms with van der Waals surface area (Å²) in [5.41, 5.74) is 0.377. The molecule has 0 aromatic rings. The van der Waals surface area contributed by atoms with E-state index in [1.54, 1.807) is 0 Å². The summed E-state index contributed by atoms with van der Waals surface area (Å²) in [6.07, 6.45) is 2.78. The van der Waals surface area contributed by atoms with Gasteiger partial charge in [0, 0.05) is 25.2 Å². The molecule has 0 aromatic heterocycles. The maximum atomic E-state index is 3.58. The van der Waals surface area contributed by atoms with E-state index >= 15 is 0 Å². The van der Waals surface area contributed by atoms with Gasteiger partial charge in [-0.15, -0.1) is 0 Å². The molecule has 2 heteroatoms. The topological polar surface area (TPSA) is 15.3 Å². The predicted octanol–water partition coefficient (Wildman–Crippen LogP) is 3.13. The van der Waals surface area contributed by atoms with Crippen LogP contribution in [0.15, 0.2) is 0 Å². The average Bonchev–Trinajstić information content (AvgIpc) is 2.62. The largest absolute Gasteiger partial charge is 0.314 e. The molecule has 0 aliphatic carbocycles. The molecular weight excluding hydrogens is 208 g/mol. The number of nitrogens with one attached hydrogen (secondary N) is 1. The Kier molecular flexibility index (Phi) is 5.46. The molecule has 0 aromatic carbocycles. The Hall–Kier alpha value is -0.0800. The first-order valence-corrected chi connectivity index (χ1v) is 7.29. The molecule has 0 saturated carbocycles. The van der Waals surface area contributed by atoms with Crippen molar-refractivity contribution in [2.24, 2.45) is 11.3 Å². The van der Waals surface area contributed by atoms with Gasteiger partial charge in [0.15, 0.2) is 0 Å². The lowest BCUT2D eigenvalue weighted by atomic mass is 9.91. The lowest BCUT2D eigenvalue weighted by Gasteiger charge is -2.36. The molecule has 0 bridgehead atoms. The summed E-state index contributed by atoms with van der Waals surface area (Å²) in [6, 6.07) is 1.40. The van der Waals surface area contributed by atoms with Gasteiger partial charge in [-0.25, -0.2) is 0 Å². The Labute approximate surface area is 108 Å². The van der Waals surface area contributed by atoms with Crippen LogP contribution in [-0.4, -0.2) is 36.6 Å². The van der Waals surface area contributed by atoms with Crippen molar-refractivity contribution in [2.45, 2.75) is 66.5 Å². The third kappa shape index (κ3) is 4.97. The monoisotopic (exact) mass is 240 g/mol. The van der Waals surface area contributed by atoms with Crippen LogP contribution in [-0.2, 0) is 0 Å². The number of nitrogens with zero attached hydrogens (tertiary/aromatic N) is 1. The van der Waals surface area contributed by atoms with E-state index in [2.05, 4.69) is 51.8 Å². The van der Waals surface area contributed by atoms with E-state index in [9.17, 15) is 0 Å². The molecule has 1 aliphatic rings. The Balaban J connectivity index is 2.45. The third-order valence-corrected chi connectivity index (χ3v) is 3.80. The summed E-state index contributed by atoms with van der Waals surface area (Å²) in [6.45, 7) is 17.6. The second-order valence-electron chi connectivity index (χ2n) is 7.12. The van der Waals surface area contributed by atoms with E-state index in [1.807, 2.05) is 0 Å². The maximum Gasteiger partial charge on any atom is 0.0119 e. The molecule has 0 radical (unpaired) electrons. The Morgan fingerprint density at radius 2 is 1.88 bits per heavy atom. The fourth-order valence-corrected chi connectivity index (χ4v) is 2.89. The van der Waals surface area contributed by atoms with E-state index in [4.69, 9.17) is 0 Å². The molecule has 1 unspecified atom stereocenters. The van der Waals surface area contributed by atoms with Crippen LogP contribution in [0.4, 0.5) is 0 Å². The molecule has 1 heterocycles. The van der Waals surface area contributed by atoms with Gasteiger partial charge in [-0.2, -0.15) is 0 Å². The van der Waals surface area contributed by atoms with Gasteiger partial charge < -0.3 is 5.32 Å². The van der Waals surface area contributed by atoms with Gasteiger partial charge in [0.2, 0.25) is 0 Å². The zero-order valence-corrected chi connectivity index (χ0v) is 12.7. The highest BCUT2D eigenvalue weighted by atomic mass is 15.2. The van der Waals surface area contributed by atoms with Crippen molar-refractivity contribution in [1.82, 2.24) is 10.2 Å². The van der Waals surface area contributed by atoms with Gasteiger partial charge in [0.25, 0.3) is 0 Å². The molecule has 0 amide bonds. The normalized spacial score (nSPS) is 22.9. The molecule has 1 aliphatic heterocycles. The van der Waals surface area contributed by atoms with E-state index in [-0.39, 0.29) is 0 Å². The van der Waals surface area contributed by atoms with Gasteiger partial charge in [0.1, 0.15) is 0 Å². The highest BCUT2D eigenvalue weighted by Gasteiger charge is 2.31. The Bertz CT molecular complexity index is 221. The Morgan fingerprint density at radius 1 is 1.24 bits per heavy atom. The lowest BCUT2D eigenvalue weighted by Crippen LogP contribution is -2.45. The zero-order chi connectivity index (χ0) is 13.1. The van der Waals surface area contributed by atoms with Crippen molar-refractivity contribution in [3.05, 3.63) is 0 Å². The number of rotatable bonds is 6. The molecule has 2 nitrogen and oxygen atoms in total. The highest BCUT2D eigenvalue weighted by Crippen LogP contribution is 2.27. The van der Waals surface area contributed by atoms with Crippen LogP contribution in [0.25, 0.3) is 0 Å². The minimum atomic E-state index is 0.377. The summed E-state index contributed by atoms with van der Waals surface area (Å²) in [5.74, 6) is 0.798. The highest BCUT2D eigenvalue weighted by molar-refractivity contribution is 4.86. The first-order chi connectivity index (χ1) is 7.82. The summed E-state index contributed by atoms with van der Waals surface area (Å²) in [4.78, 5) is 2.71. The van der Waals surface area contributed by atoms with Crippen LogP contribution in [0.5, 0.6) is 0 Å². The van der Waals surface area contributed by atoms with Crippen LogP contribution < -0.4 is 5.32 Å². The second kappa shape index (κ2) is 6.19. The van der Waals surface area contributed by atoms with Gasteiger partial charge in [-0.1, -0.05) is 41.5 Å². The third-order valence-electron chi connectivity index (χ3n) is 3.80. The minimum absolute atomic E-state index is 0.377. The second-order valence-corrected chi connectivity index (χ2v) is 7.12. The van der Waals surface area contributed by atoms with Gasteiger partial charge in [-0.05, 0) is 30.7 Å². The summed E-state index contributed by atoms with van der Waals surface area (Å²) < 4.78 is 0. The molecule has 17 heavy (non-hydrogen) atoms. The first-order valence-electron chi connectivity index (χ1n) is 7.29. The van der Waals surface area contributed by atoms with Crippen molar-refractivity contribution in [3.63, 3.8) is 0 Å². The van der Waals surface area contributed by atoms with Gasteiger partial charge in [0.05, 0.1) is 0 Å². The SMILES string of the molecule is CC(C)NCC(C)(C)CN1CCCC1C(C)C. The Morgan fingerprint density at radius 3 is 2.41 bits per heavy atom. The van der Waals surface area contributed by atoms with E-state index in [1.165, 1.54) is 25.9 Å². The van der Waals surface area contributed by atoms with Crippen LogP contribution in [0.3, 0.4) is 0 Å². The molecule has 1 N–H and O–H groups in total. The number of hydrogen-bond acceptors (Lipinski definition) is 2. The fourth-order valence-electron chi connectivity index (χ4n) is 2.89. The standard InChI is InChI=1S/C15H32N2/c1-12(2)14-8-7-9-17(14)11-15(5,6)10-16-13(3)4/h12-14,16H,7-11H2,1-6H3. The number of likely N-dealkylation sites (tertiary alicyclic amines) is 1. The molecule has 1 fully saturated rings. The van der Waals surface area contributed by atoms with Crippen LogP contribution >= 0.6 is 0 Å². The van der Waals surface area contributed by atoms with Gasteiger partial charge >= 0.3 is 0 Å². The quantitative estimate of drug-likeness (QED) is 0.767. The van der Waals surface area contributed by atoms with Crippen molar-refractivity contribution in [3.8, 4) is 0 Å². The first kappa shape index (κ1) is 15.0. The molecule has 1 saturated heterocycles. The van der Waals surface area contributed by atoms with Crippen molar-refractivity contribution in [2.75, 3.05) is 19.6 Å². The predicted molar refractivity (Wildman–Crippen MR) is 76.4 cm³/mol. The smallest absolute Gasteiger partial charge is 0.0119 e. The maximum absolute atomic E-state index is 3.58. The fraction of sp³-hybridized carbons (Fsp3) is 1.00. The molecular formula is C15H32N2. The average molecular weight is 240 g/mol. The molecule has 1 atom stereocenters. The minimum Gasteiger partial charge on any atom is -0.314 e. The molecule has 1 rings (SSSR count).